The van der Waals surface area contributed by atoms with E-state index in [0.29, 0.717) is 12.4 Å². The number of nitrogens with two attached hydrogens (primary N) is 1. The fraction of sp³-hybridized carbons (Fsp3) is 0.231. The van der Waals surface area contributed by atoms with E-state index in [0.717, 1.165) is 63.3 Å². The van der Waals surface area contributed by atoms with Gasteiger partial charge in [-0.25, -0.2) is 15.0 Å². The lowest BCUT2D eigenvalue weighted by Gasteiger charge is -2.10. The fourth-order valence-electron chi connectivity index (χ4n) is 4.07. The smallest absolute Gasteiger partial charge is 0.150 e. The Labute approximate surface area is 203 Å². The molecule has 0 amide bonds. The molecule has 5 rings (SSSR count). The van der Waals surface area contributed by atoms with E-state index in [2.05, 4.69) is 56.5 Å². The highest BCUT2D eigenvalue weighted by atomic mass is 16.5. The molecule has 5 aromatic rings. The number of likely N-dealkylation sites (N-methyl/N-ethyl adjacent to an activating group) is 1. The number of rotatable bonds is 8. The summed E-state index contributed by atoms with van der Waals surface area (Å²) in [6.45, 7) is 1.28. The predicted octanol–water partition coefficient (Wildman–Crippen LogP) is 3.67. The molecule has 0 unspecified atom stereocenters. The minimum atomic E-state index is 0.377. The van der Waals surface area contributed by atoms with Crippen LogP contribution in [0.5, 0.6) is 5.75 Å². The van der Waals surface area contributed by atoms with Crippen molar-refractivity contribution in [2.24, 2.45) is 0 Å². The molecule has 0 spiro atoms. The molecule has 4 aromatic heterocycles. The highest BCUT2D eigenvalue weighted by molar-refractivity contribution is 5.91. The van der Waals surface area contributed by atoms with Gasteiger partial charge in [-0.15, -0.1) is 0 Å². The molecule has 9 heteroatoms. The normalized spacial score (nSPS) is 11.4. The van der Waals surface area contributed by atoms with E-state index in [4.69, 9.17) is 10.5 Å². The largest absolute Gasteiger partial charge is 0.489 e. The third-order valence-corrected chi connectivity index (χ3v) is 5.90. The number of benzene rings is 1. The van der Waals surface area contributed by atoms with Crippen LogP contribution in [0.1, 0.15) is 11.1 Å². The van der Waals surface area contributed by atoms with Crippen LogP contribution in [0.25, 0.3) is 27.6 Å². The zero-order chi connectivity index (χ0) is 24.4. The molecule has 35 heavy (non-hydrogen) atoms. The van der Waals surface area contributed by atoms with Crippen LogP contribution >= 0.6 is 0 Å². The topological polar surface area (TPSA) is 107 Å². The van der Waals surface area contributed by atoms with Gasteiger partial charge in [0.2, 0.25) is 0 Å². The molecule has 0 saturated heterocycles. The first-order valence-corrected chi connectivity index (χ1v) is 11.4. The van der Waals surface area contributed by atoms with Gasteiger partial charge in [0.15, 0.2) is 0 Å². The molecule has 0 atom stereocenters. The number of anilines is 2. The van der Waals surface area contributed by atoms with Crippen molar-refractivity contribution in [3.05, 3.63) is 72.4 Å². The maximum atomic E-state index is 6.23. The van der Waals surface area contributed by atoms with E-state index in [1.54, 1.807) is 0 Å². The summed E-state index contributed by atoms with van der Waals surface area (Å²) in [5.41, 5.74) is 10.8. The zero-order valence-electron chi connectivity index (χ0n) is 20.1. The van der Waals surface area contributed by atoms with Crippen LogP contribution < -0.4 is 15.8 Å². The molecule has 3 N–H and O–H groups in total. The average molecular weight is 469 g/mol. The van der Waals surface area contributed by atoms with Crippen LogP contribution in [-0.2, 0) is 13.0 Å². The van der Waals surface area contributed by atoms with Crippen LogP contribution in [0.2, 0.25) is 0 Å². The van der Waals surface area contributed by atoms with Crippen molar-refractivity contribution in [3.8, 4) is 11.4 Å². The molecular formula is C26H28N8O. The van der Waals surface area contributed by atoms with E-state index >= 15 is 0 Å². The third kappa shape index (κ3) is 4.71. The molecule has 0 aliphatic carbocycles. The summed E-state index contributed by atoms with van der Waals surface area (Å²) in [7, 11) is 5.96. The summed E-state index contributed by atoms with van der Waals surface area (Å²) in [4.78, 5) is 19.9. The quantitative estimate of drug-likeness (QED) is 0.355. The molecule has 0 radical (unpaired) electrons. The van der Waals surface area contributed by atoms with Crippen molar-refractivity contribution in [1.82, 2.24) is 29.4 Å². The van der Waals surface area contributed by atoms with Gasteiger partial charge in [-0.2, -0.15) is 0 Å². The number of pyridine rings is 2. The van der Waals surface area contributed by atoms with Gasteiger partial charge in [-0.05, 0) is 56.4 Å². The van der Waals surface area contributed by atoms with E-state index < -0.39 is 0 Å². The SMILES string of the molecule is CNc1ccc2ccc(OCc3cncc(-n4cc(CCN(C)C)c5c(N)ncnc54)c3)cc2n1. The Kier molecular flexibility index (Phi) is 6.15. The van der Waals surface area contributed by atoms with Gasteiger partial charge in [-0.3, -0.25) is 9.55 Å². The molecule has 0 saturated carbocycles. The summed E-state index contributed by atoms with van der Waals surface area (Å²) in [6.07, 6.45) is 8.04. The van der Waals surface area contributed by atoms with Gasteiger partial charge in [0.25, 0.3) is 0 Å². The van der Waals surface area contributed by atoms with Crippen molar-refractivity contribution in [2.75, 3.05) is 38.7 Å². The lowest BCUT2D eigenvalue weighted by Crippen LogP contribution is -2.15. The van der Waals surface area contributed by atoms with Gasteiger partial charge in [0, 0.05) is 43.0 Å². The minimum absolute atomic E-state index is 0.377. The number of aromatic nitrogens is 5. The highest BCUT2D eigenvalue weighted by Crippen LogP contribution is 2.28. The lowest BCUT2D eigenvalue weighted by molar-refractivity contribution is 0.306. The van der Waals surface area contributed by atoms with Crippen LogP contribution in [0.15, 0.2) is 61.3 Å². The fourth-order valence-corrected chi connectivity index (χ4v) is 4.07. The molecular weight excluding hydrogens is 440 g/mol. The Morgan fingerprint density at radius 1 is 1.09 bits per heavy atom. The summed E-state index contributed by atoms with van der Waals surface area (Å²) in [5, 5.41) is 5.02. The Hall–Kier alpha value is -4.24. The van der Waals surface area contributed by atoms with Gasteiger partial charge in [0.05, 0.1) is 22.8 Å². The number of hydrogen-bond acceptors (Lipinski definition) is 8. The number of ether oxygens (including phenoxy) is 1. The molecule has 0 fully saturated rings. The summed E-state index contributed by atoms with van der Waals surface area (Å²) < 4.78 is 8.10. The molecule has 0 aliphatic heterocycles. The van der Waals surface area contributed by atoms with Crippen molar-refractivity contribution in [1.29, 1.82) is 0 Å². The standard InChI is InChI=1S/C26H28N8O/c1-28-23-7-5-18-4-6-21(11-22(18)32-23)35-15-17-10-20(13-29-12-17)34-14-19(8-9-33(2)3)24-25(27)30-16-31-26(24)34/h4-7,10-14,16H,8-9,15H2,1-3H3,(H,28,32)(H2,27,30,31). The van der Waals surface area contributed by atoms with Crippen LogP contribution in [-0.4, -0.2) is 57.1 Å². The number of nitrogen functional groups attached to an aromatic ring is 1. The van der Waals surface area contributed by atoms with E-state index in [-0.39, 0.29) is 0 Å². The first-order chi connectivity index (χ1) is 17.0. The van der Waals surface area contributed by atoms with Crippen LogP contribution in [0.3, 0.4) is 0 Å². The second-order valence-electron chi connectivity index (χ2n) is 8.68. The number of nitrogens with zero attached hydrogens (tertiary/aromatic N) is 6. The molecule has 4 heterocycles. The van der Waals surface area contributed by atoms with Gasteiger partial charge in [-0.1, -0.05) is 0 Å². The lowest BCUT2D eigenvalue weighted by atomic mass is 10.1. The Balaban J connectivity index is 1.41. The van der Waals surface area contributed by atoms with Crippen molar-refractivity contribution < 1.29 is 4.74 Å². The van der Waals surface area contributed by atoms with Crippen molar-refractivity contribution >= 4 is 33.6 Å². The first kappa shape index (κ1) is 22.5. The van der Waals surface area contributed by atoms with Crippen LogP contribution in [0.4, 0.5) is 11.6 Å². The molecule has 0 aliphatic rings. The maximum Gasteiger partial charge on any atom is 0.150 e. The monoisotopic (exact) mass is 468 g/mol. The predicted molar refractivity (Wildman–Crippen MR) is 139 cm³/mol. The summed E-state index contributed by atoms with van der Waals surface area (Å²) in [5.74, 6) is 2.06. The summed E-state index contributed by atoms with van der Waals surface area (Å²) >= 11 is 0. The minimum Gasteiger partial charge on any atom is -0.489 e. The Morgan fingerprint density at radius 3 is 2.77 bits per heavy atom. The number of hydrogen-bond donors (Lipinski definition) is 2. The van der Waals surface area contributed by atoms with E-state index in [1.807, 2.05) is 54.3 Å². The molecule has 178 valence electrons. The number of fused-ring (bicyclic) bond motifs is 2. The Bertz CT molecular complexity index is 1490. The Morgan fingerprint density at radius 2 is 1.94 bits per heavy atom. The second-order valence-corrected chi connectivity index (χ2v) is 8.68. The maximum absolute atomic E-state index is 6.23. The highest BCUT2D eigenvalue weighted by Gasteiger charge is 2.15. The van der Waals surface area contributed by atoms with E-state index in [1.165, 1.54) is 6.33 Å². The van der Waals surface area contributed by atoms with Gasteiger partial charge >= 0.3 is 0 Å². The van der Waals surface area contributed by atoms with Crippen molar-refractivity contribution in [2.45, 2.75) is 13.0 Å². The molecule has 1 aromatic carbocycles. The van der Waals surface area contributed by atoms with Crippen molar-refractivity contribution in [3.63, 3.8) is 0 Å². The van der Waals surface area contributed by atoms with E-state index in [9.17, 15) is 0 Å². The zero-order valence-corrected chi connectivity index (χ0v) is 20.1. The third-order valence-electron chi connectivity index (χ3n) is 5.90. The summed E-state index contributed by atoms with van der Waals surface area (Å²) in [6, 6.07) is 12.0. The van der Waals surface area contributed by atoms with Gasteiger partial charge < -0.3 is 20.7 Å². The molecule has 9 nitrogen and oxygen atoms in total. The first-order valence-electron chi connectivity index (χ1n) is 11.4. The molecule has 0 bridgehead atoms. The second kappa shape index (κ2) is 9.55. The van der Waals surface area contributed by atoms with Crippen LogP contribution in [0, 0.1) is 0 Å². The average Bonchev–Trinajstić information content (AvgIpc) is 3.26. The van der Waals surface area contributed by atoms with Gasteiger partial charge in [0.1, 0.15) is 36.0 Å². The number of nitrogens with one attached hydrogen (secondary N) is 1.